The molecule has 0 amide bonds. The van der Waals surface area contributed by atoms with Crippen LogP contribution in [-0.4, -0.2) is 13.2 Å². The Bertz CT molecular complexity index is 351. The van der Waals surface area contributed by atoms with E-state index in [2.05, 4.69) is 0 Å². The highest BCUT2D eigenvalue weighted by Gasteiger charge is 2.23. The summed E-state index contributed by atoms with van der Waals surface area (Å²) in [6.07, 6.45) is -0.527. The zero-order valence-electron chi connectivity index (χ0n) is 7.10. The molecule has 2 rings (SSSR count). The van der Waals surface area contributed by atoms with Gasteiger partial charge in [0.05, 0.1) is 23.3 Å². The molecule has 2 nitrogen and oxygen atoms in total. The lowest BCUT2D eigenvalue weighted by molar-refractivity contribution is -0.0440. The van der Waals surface area contributed by atoms with Gasteiger partial charge in [0.25, 0.3) is 0 Å². The fraction of sp³-hybridized carbons (Fsp3) is 0.333. The van der Waals surface area contributed by atoms with Crippen LogP contribution in [0.2, 0.25) is 10.0 Å². The summed E-state index contributed by atoms with van der Waals surface area (Å²) in [5.74, 6) is -0.543. The first-order chi connectivity index (χ1) is 6.70. The van der Waals surface area contributed by atoms with Gasteiger partial charge in [-0.05, 0) is 12.1 Å². The Morgan fingerprint density at radius 3 is 2.43 bits per heavy atom. The van der Waals surface area contributed by atoms with Crippen LogP contribution in [-0.2, 0) is 9.47 Å². The Balaban J connectivity index is 2.38. The van der Waals surface area contributed by atoms with Crippen molar-refractivity contribution in [2.75, 3.05) is 13.2 Å². The molecule has 5 heteroatoms. The number of ether oxygens (including phenoxy) is 2. The van der Waals surface area contributed by atoms with Crippen molar-refractivity contribution in [1.29, 1.82) is 0 Å². The minimum atomic E-state index is -0.543. The van der Waals surface area contributed by atoms with Crippen LogP contribution in [0.15, 0.2) is 12.1 Å². The predicted octanol–water partition coefficient (Wildman–Crippen LogP) is 3.18. The van der Waals surface area contributed by atoms with Crippen molar-refractivity contribution >= 4 is 23.2 Å². The van der Waals surface area contributed by atoms with Gasteiger partial charge in [0.15, 0.2) is 6.29 Å². The zero-order valence-corrected chi connectivity index (χ0v) is 8.61. The van der Waals surface area contributed by atoms with Crippen molar-refractivity contribution in [2.45, 2.75) is 6.29 Å². The average Bonchev–Trinajstić information content (AvgIpc) is 2.67. The first-order valence-electron chi connectivity index (χ1n) is 4.07. The molecule has 76 valence electrons. The number of rotatable bonds is 1. The van der Waals surface area contributed by atoms with Crippen molar-refractivity contribution in [3.05, 3.63) is 33.6 Å². The second-order valence-electron chi connectivity index (χ2n) is 2.84. The first kappa shape index (κ1) is 10.2. The molecule has 0 saturated carbocycles. The van der Waals surface area contributed by atoms with Crippen LogP contribution in [0.5, 0.6) is 0 Å². The molecule has 1 saturated heterocycles. The summed E-state index contributed by atoms with van der Waals surface area (Å²) in [5.41, 5.74) is 0.565. The standard InChI is InChI=1S/C9H7Cl2FO2/c10-7-5(9-13-3-4-14-9)1-2-6(12)8(7)11/h1-2,9H,3-4H2. The SMILES string of the molecule is Fc1ccc(C2OCCO2)c(Cl)c1Cl. The van der Waals surface area contributed by atoms with Gasteiger partial charge in [-0.3, -0.25) is 0 Å². The molecule has 0 radical (unpaired) electrons. The first-order valence-corrected chi connectivity index (χ1v) is 4.82. The third kappa shape index (κ3) is 1.73. The normalized spacial score (nSPS) is 17.6. The Morgan fingerprint density at radius 2 is 1.79 bits per heavy atom. The molecule has 0 atom stereocenters. The molecule has 1 aromatic carbocycles. The quantitative estimate of drug-likeness (QED) is 0.698. The van der Waals surface area contributed by atoms with Crippen LogP contribution in [0, 0.1) is 5.82 Å². The highest BCUT2D eigenvalue weighted by atomic mass is 35.5. The molecule has 0 aliphatic carbocycles. The molecule has 0 bridgehead atoms. The van der Waals surface area contributed by atoms with Gasteiger partial charge in [0.1, 0.15) is 5.82 Å². The van der Waals surface area contributed by atoms with Crippen LogP contribution >= 0.6 is 23.2 Å². The van der Waals surface area contributed by atoms with E-state index in [1.54, 1.807) is 0 Å². The minimum Gasteiger partial charge on any atom is -0.346 e. The van der Waals surface area contributed by atoms with Gasteiger partial charge in [-0.2, -0.15) is 0 Å². The fourth-order valence-corrected chi connectivity index (χ4v) is 1.68. The third-order valence-corrected chi connectivity index (χ3v) is 2.81. The molecule has 0 unspecified atom stereocenters. The lowest BCUT2D eigenvalue weighted by Gasteiger charge is -2.12. The van der Waals surface area contributed by atoms with Crippen molar-refractivity contribution < 1.29 is 13.9 Å². The summed E-state index contributed by atoms with van der Waals surface area (Å²) in [7, 11) is 0. The maximum atomic E-state index is 12.9. The highest BCUT2D eigenvalue weighted by molar-refractivity contribution is 6.42. The summed E-state index contributed by atoms with van der Waals surface area (Å²) in [6, 6.07) is 2.76. The van der Waals surface area contributed by atoms with E-state index < -0.39 is 12.1 Å². The Labute approximate surface area is 90.5 Å². The van der Waals surface area contributed by atoms with Gasteiger partial charge in [-0.15, -0.1) is 0 Å². The molecule has 1 aliphatic rings. The van der Waals surface area contributed by atoms with Gasteiger partial charge < -0.3 is 9.47 Å². The van der Waals surface area contributed by atoms with Crippen molar-refractivity contribution in [2.24, 2.45) is 0 Å². The zero-order chi connectivity index (χ0) is 10.1. The predicted molar refractivity (Wildman–Crippen MR) is 51.1 cm³/mol. The molecule has 1 heterocycles. The molecular formula is C9H7Cl2FO2. The maximum absolute atomic E-state index is 12.9. The Hall–Kier alpha value is -0.350. The molecule has 1 aliphatic heterocycles. The average molecular weight is 237 g/mol. The van der Waals surface area contributed by atoms with Crippen molar-refractivity contribution in [1.82, 2.24) is 0 Å². The third-order valence-electron chi connectivity index (χ3n) is 1.94. The van der Waals surface area contributed by atoms with Crippen LogP contribution in [0.4, 0.5) is 4.39 Å². The number of hydrogen-bond acceptors (Lipinski definition) is 2. The minimum absolute atomic E-state index is 0.0942. The molecule has 1 fully saturated rings. The van der Waals surface area contributed by atoms with Crippen LogP contribution in [0.1, 0.15) is 11.9 Å². The van der Waals surface area contributed by atoms with E-state index in [-0.39, 0.29) is 10.0 Å². The van der Waals surface area contributed by atoms with Gasteiger partial charge in [-0.25, -0.2) is 4.39 Å². The highest BCUT2D eigenvalue weighted by Crippen LogP contribution is 2.35. The Kier molecular flexibility index (Phi) is 2.93. The molecule has 0 N–H and O–H groups in total. The number of benzene rings is 1. The van der Waals surface area contributed by atoms with E-state index >= 15 is 0 Å². The van der Waals surface area contributed by atoms with E-state index in [1.807, 2.05) is 0 Å². The molecular weight excluding hydrogens is 230 g/mol. The fourth-order valence-electron chi connectivity index (χ4n) is 1.26. The summed E-state index contributed by atoms with van der Waals surface area (Å²) in [4.78, 5) is 0. The largest absolute Gasteiger partial charge is 0.346 e. The van der Waals surface area contributed by atoms with Gasteiger partial charge in [0, 0.05) is 5.56 Å². The maximum Gasteiger partial charge on any atom is 0.185 e. The summed E-state index contributed by atoms with van der Waals surface area (Å²) in [6.45, 7) is 1.02. The van der Waals surface area contributed by atoms with E-state index in [9.17, 15) is 4.39 Å². The molecule has 1 aromatic rings. The van der Waals surface area contributed by atoms with Gasteiger partial charge in [-0.1, -0.05) is 23.2 Å². The van der Waals surface area contributed by atoms with Crippen molar-refractivity contribution in [3.8, 4) is 0 Å². The summed E-state index contributed by atoms with van der Waals surface area (Å²) >= 11 is 11.5. The lowest BCUT2D eigenvalue weighted by atomic mass is 10.2. The molecule has 14 heavy (non-hydrogen) atoms. The number of hydrogen-bond donors (Lipinski definition) is 0. The second-order valence-corrected chi connectivity index (χ2v) is 3.59. The molecule has 0 aromatic heterocycles. The summed E-state index contributed by atoms with van der Waals surface area (Å²) < 4.78 is 23.4. The van der Waals surface area contributed by atoms with E-state index in [0.717, 1.165) is 0 Å². The summed E-state index contributed by atoms with van der Waals surface area (Å²) in [5, 5.41) is 0.0573. The van der Waals surface area contributed by atoms with Gasteiger partial charge >= 0.3 is 0 Å². The smallest absolute Gasteiger partial charge is 0.185 e. The molecule has 0 spiro atoms. The second kappa shape index (κ2) is 4.03. The van der Waals surface area contributed by atoms with Crippen LogP contribution in [0.3, 0.4) is 0 Å². The van der Waals surface area contributed by atoms with Crippen molar-refractivity contribution in [3.63, 3.8) is 0 Å². The van der Waals surface area contributed by atoms with Crippen LogP contribution < -0.4 is 0 Å². The topological polar surface area (TPSA) is 18.5 Å². The van der Waals surface area contributed by atoms with E-state index in [4.69, 9.17) is 32.7 Å². The lowest BCUT2D eigenvalue weighted by Crippen LogP contribution is -1.99. The van der Waals surface area contributed by atoms with E-state index in [0.29, 0.717) is 18.8 Å². The Morgan fingerprint density at radius 1 is 1.14 bits per heavy atom. The van der Waals surface area contributed by atoms with Crippen LogP contribution in [0.25, 0.3) is 0 Å². The van der Waals surface area contributed by atoms with E-state index in [1.165, 1.54) is 12.1 Å². The number of halogens is 3. The van der Waals surface area contributed by atoms with Gasteiger partial charge in [0.2, 0.25) is 0 Å². The monoisotopic (exact) mass is 236 g/mol.